The molecule has 116 valence electrons. The highest BCUT2D eigenvalue weighted by molar-refractivity contribution is 5.16. The Morgan fingerprint density at radius 3 is 2.67 bits per heavy atom. The Hall–Kier alpha value is -0.930. The highest BCUT2D eigenvalue weighted by Crippen LogP contribution is 2.39. The molecule has 1 aromatic rings. The van der Waals surface area contributed by atoms with E-state index in [1.165, 1.54) is 44.3 Å². The van der Waals surface area contributed by atoms with Crippen molar-refractivity contribution in [2.75, 3.05) is 26.2 Å². The van der Waals surface area contributed by atoms with Crippen LogP contribution in [0, 0.1) is 11.3 Å². The second-order valence-corrected chi connectivity index (χ2v) is 7.60. The Bertz CT molecular complexity index is 433. The third-order valence-electron chi connectivity index (χ3n) is 5.40. The lowest BCUT2D eigenvalue weighted by Crippen LogP contribution is -2.48. The third-order valence-corrected chi connectivity index (χ3v) is 5.40. The molecule has 0 bridgehead atoms. The highest BCUT2D eigenvalue weighted by Gasteiger charge is 2.30. The monoisotopic (exact) mass is 287 g/mol. The molecule has 1 saturated carbocycles. The van der Waals surface area contributed by atoms with Gasteiger partial charge in [0.25, 0.3) is 0 Å². The lowest BCUT2D eigenvalue weighted by Gasteiger charge is -2.41. The van der Waals surface area contributed by atoms with Gasteiger partial charge in [0.1, 0.15) is 0 Å². The van der Waals surface area contributed by atoms with Gasteiger partial charge in [-0.2, -0.15) is 0 Å². The van der Waals surface area contributed by atoms with E-state index in [1.807, 2.05) is 12.4 Å². The molecule has 2 fully saturated rings. The minimum absolute atomic E-state index is 0.525. The molecule has 1 aromatic heterocycles. The maximum Gasteiger partial charge on any atom is 0.0474 e. The van der Waals surface area contributed by atoms with Crippen molar-refractivity contribution in [2.24, 2.45) is 11.3 Å². The van der Waals surface area contributed by atoms with Gasteiger partial charge in [-0.05, 0) is 54.7 Å². The summed E-state index contributed by atoms with van der Waals surface area (Å²) in [5.74, 6) is 0.889. The predicted octanol–water partition coefficient (Wildman–Crippen LogP) is 3.24. The summed E-state index contributed by atoms with van der Waals surface area (Å²) in [5, 5.41) is 3.55. The average Bonchev–Trinajstić information content (AvgIpc) is 2.51. The van der Waals surface area contributed by atoms with Gasteiger partial charge in [-0.1, -0.05) is 13.8 Å². The van der Waals surface area contributed by atoms with Gasteiger partial charge in [-0.25, -0.2) is 0 Å². The maximum absolute atomic E-state index is 4.16. The molecule has 21 heavy (non-hydrogen) atoms. The number of rotatable bonds is 3. The van der Waals surface area contributed by atoms with Crippen molar-refractivity contribution in [3.63, 3.8) is 0 Å². The van der Waals surface area contributed by atoms with Crippen LogP contribution in [0.3, 0.4) is 0 Å². The first kappa shape index (κ1) is 15.0. The molecule has 2 aliphatic rings. The largest absolute Gasteiger partial charge is 0.314 e. The van der Waals surface area contributed by atoms with Crippen LogP contribution < -0.4 is 5.32 Å². The Balaban J connectivity index is 1.63. The molecule has 1 aliphatic heterocycles. The van der Waals surface area contributed by atoms with Gasteiger partial charge in [0.05, 0.1) is 0 Å². The normalized spacial score (nSPS) is 27.6. The number of nitrogens with zero attached hydrogens (tertiary/aromatic N) is 2. The second kappa shape index (κ2) is 6.45. The van der Waals surface area contributed by atoms with Crippen LogP contribution in [-0.4, -0.2) is 36.1 Å². The number of piperazine rings is 1. The minimum atomic E-state index is 0.525. The van der Waals surface area contributed by atoms with Crippen molar-refractivity contribution in [2.45, 2.75) is 45.6 Å². The Morgan fingerprint density at radius 1 is 1.24 bits per heavy atom. The molecule has 2 heterocycles. The second-order valence-electron chi connectivity index (χ2n) is 7.60. The molecule has 3 heteroatoms. The number of hydrogen-bond acceptors (Lipinski definition) is 3. The van der Waals surface area contributed by atoms with E-state index in [0.29, 0.717) is 11.5 Å². The zero-order chi connectivity index (χ0) is 14.7. The van der Waals surface area contributed by atoms with Crippen molar-refractivity contribution < 1.29 is 0 Å². The predicted molar refractivity (Wildman–Crippen MR) is 87.2 cm³/mol. The molecular formula is C18H29N3. The van der Waals surface area contributed by atoms with Crippen molar-refractivity contribution in [3.8, 4) is 0 Å². The van der Waals surface area contributed by atoms with E-state index in [0.717, 1.165) is 19.0 Å². The quantitative estimate of drug-likeness (QED) is 0.925. The summed E-state index contributed by atoms with van der Waals surface area (Å²) in [5.41, 5.74) is 1.98. The summed E-state index contributed by atoms with van der Waals surface area (Å²) >= 11 is 0. The molecule has 0 amide bonds. The average molecular weight is 287 g/mol. The molecule has 0 radical (unpaired) electrons. The van der Waals surface area contributed by atoms with Gasteiger partial charge in [0.15, 0.2) is 0 Å². The number of pyridine rings is 1. The first-order chi connectivity index (χ1) is 10.1. The molecule has 1 atom stereocenters. The minimum Gasteiger partial charge on any atom is -0.314 e. The van der Waals surface area contributed by atoms with Gasteiger partial charge in [-0.15, -0.1) is 0 Å². The summed E-state index contributed by atoms with van der Waals surface area (Å²) in [6.07, 6.45) is 9.43. The van der Waals surface area contributed by atoms with Crippen LogP contribution in [0.2, 0.25) is 0 Å². The fourth-order valence-corrected chi connectivity index (χ4v) is 3.85. The molecule has 3 rings (SSSR count). The molecule has 1 unspecified atom stereocenters. The lowest BCUT2D eigenvalue weighted by molar-refractivity contribution is 0.100. The number of aromatic nitrogens is 1. The van der Waals surface area contributed by atoms with Crippen LogP contribution in [0.4, 0.5) is 0 Å². The summed E-state index contributed by atoms with van der Waals surface area (Å²) in [7, 11) is 0. The zero-order valence-electron chi connectivity index (χ0n) is 13.5. The van der Waals surface area contributed by atoms with Crippen LogP contribution in [0.15, 0.2) is 24.5 Å². The Labute approximate surface area is 129 Å². The number of nitrogens with one attached hydrogen (secondary N) is 1. The van der Waals surface area contributed by atoms with Crippen LogP contribution in [0.25, 0.3) is 0 Å². The number of hydrogen-bond donors (Lipinski definition) is 1. The molecular weight excluding hydrogens is 258 g/mol. The zero-order valence-corrected chi connectivity index (χ0v) is 13.5. The summed E-state index contributed by atoms with van der Waals surface area (Å²) < 4.78 is 0. The topological polar surface area (TPSA) is 28.2 Å². The summed E-state index contributed by atoms with van der Waals surface area (Å²) in [6.45, 7) is 9.49. The van der Waals surface area contributed by atoms with E-state index in [4.69, 9.17) is 0 Å². The van der Waals surface area contributed by atoms with Gasteiger partial charge in [0, 0.05) is 44.6 Å². The molecule has 3 nitrogen and oxygen atoms in total. The van der Waals surface area contributed by atoms with Crippen molar-refractivity contribution in [1.82, 2.24) is 15.2 Å². The van der Waals surface area contributed by atoms with E-state index >= 15 is 0 Å². The van der Waals surface area contributed by atoms with E-state index in [1.54, 1.807) is 0 Å². The lowest BCUT2D eigenvalue weighted by atomic mass is 9.73. The summed E-state index contributed by atoms with van der Waals surface area (Å²) in [4.78, 5) is 6.86. The van der Waals surface area contributed by atoms with Gasteiger partial charge in [0.2, 0.25) is 0 Å². The first-order valence-corrected chi connectivity index (χ1v) is 8.49. The summed E-state index contributed by atoms with van der Waals surface area (Å²) in [6, 6.07) is 4.88. The van der Waals surface area contributed by atoms with Crippen LogP contribution in [0.5, 0.6) is 0 Å². The first-order valence-electron chi connectivity index (χ1n) is 8.49. The van der Waals surface area contributed by atoms with Gasteiger partial charge < -0.3 is 5.32 Å². The van der Waals surface area contributed by atoms with Gasteiger partial charge in [-0.3, -0.25) is 9.88 Å². The standard InChI is InChI=1S/C18H29N3/c1-18(2)7-3-15(4-8-18)14-21-12-11-20-13-17(21)16-5-9-19-10-6-16/h5-6,9-10,15,17,20H,3-4,7-8,11-14H2,1-2H3. The molecule has 0 spiro atoms. The third kappa shape index (κ3) is 3.83. The van der Waals surface area contributed by atoms with Crippen LogP contribution >= 0.6 is 0 Å². The van der Waals surface area contributed by atoms with Crippen LogP contribution in [-0.2, 0) is 0 Å². The van der Waals surface area contributed by atoms with E-state index < -0.39 is 0 Å². The van der Waals surface area contributed by atoms with Gasteiger partial charge >= 0.3 is 0 Å². The smallest absolute Gasteiger partial charge is 0.0474 e. The highest BCUT2D eigenvalue weighted by atomic mass is 15.2. The fourth-order valence-electron chi connectivity index (χ4n) is 3.85. The van der Waals surface area contributed by atoms with E-state index in [9.17, 15) is 0 Å². The fraction of sp³-hybridized carbons (Fsp3) is 0.722. The van der Waals surface area contributed by atoms with E-state index in [-0.39, 0.29) is 0 Å². The molecule has 0 aromatic carbocycles. The van der Waals surface area contributed by atoms with Crippen molar-refractivity contribution in [1.29, 1.82) is 0 Å². The van der Waals surface area contributed by atoms with Crippen molar-refractivity contribution in [3.05, 3.63) is 30.1 Å². The SMILES string of the molecule is CC1(C)CCC(CN2CCNCC2c2ccncc2)CC1. The van der Waals surface area contributed by atoms with Crippen LogP contribution in [0.1, 0.15) is 51.1 Å². The Morgan fingerprint density at radius 2 is 1.95 bits per heavy atom. The van der Waals surface area contributed by atoms with Crippen molar-refractivity contribution >= 4 is 0 Å². The maximum atomic E-state index is 4.16. The molecule has 1 N–H and O–H groups in total. The molecule has 1 saturated heterocycles. The van der Waals surface area contributed by atoms with E-state index in [2.05, 4.69) is 41.2 Å². The molecule has 1 aliphatic carbocycles. The Kier molecular flexibility index (Phi) is 4.60.